The van der Waals surface area contributed by atoms with Gasteiger partial charge in [-0.3, -0.25) is 9.78 Å². The average molecular weight is 428 g/mol. The molecule has 158 valence electrons. The van der Waals surface area contributed by atoms with Gasteiger partial charge in [-0.25, -0.2) is 22.7 Å². The van der Waals surface area contributed by atoms with Crippen molar-refractivity contribution in [2.75, 3.05) is 7.05 Å². The molecule has 2 aromatic rings. The zero-order chi connectivity index (χ0) is 21.7. The van der Waals surface area contributed by atoms with Gasteiger partial charge in [-0.1, -0.05) is 18.2 Å². The van der Waals surface area contributed by atoms with Gasteiger partial charge in [0.1, 0.15) is 16.5 Å². The number of Topliss-reactive ketones (excluding diaryl/α,β-unsaturated/α-hetero) is 1. The van der Waals surface area contributed by atoms with Crippen LogP contribution in [0.2, 0.25) is 0 Å². The highest BCUT2D eigenvalue weighted by atomic mass is 32.2. The van der Waals surface area contributed by atoms with E-state index < -0.39 is 20.8 Å². The second-order valence-electron chi connectivity index (χ2n) is 8.15. The van der Waals surface area contributed by atoms with Crippen molar-refractivity contribution in [1.29, 1.82) is 0 Å². The summed E-state index contributed by atoms with van der Waals surface area (Å²) in [6, 6.07) is 5.80. The summed E-state index contributed by atoms with van der Waals surface area (Å²) >= 11 is 0. The Morgan fingerprint density at radius 2 is 2.07 bits per heavy atom. The highest BCUT2D eigenvalue weighted by Crippen LogP contribution is 2.44. The van der Waals surface area contributed by atoms with E-state index in [1.807, 2.05) is 32.0 Å². The van der Waals surface area contributed by atoms with Crippen molar-refractivity contribution in [2.24, 2.45) is 10.7 Å². The second kappa shape index (κ2) is 7.16. The Hall–Kier alpha value is -2.81. The Morgan fingerprint density at radius 1 is 1.30 bits per heavy atom. The minimum absolute atomic E-state index is 0.0157. The lowest BCUT2D eigenvalue weighted by Crippen LogP contribution is -2.56. The number of carbonyl (C=O) groups is 1. The zero-order valence-electron chi connectivity index (χ0n) is 17.3. The topological polar surface area (TPSA) is 119 Å². The van der Waals surface area contributed by atoms with Crippen molar-refractivity contribution in [3.63, 3.8) is 0 Å². The Morgan fingerprint density at radius 3 is 2.77 bits per heavy atom. The number of aryl methyl sites for hydroxylation is 2. The summed E-state index contributed by atoms with van der Waals surface area (Å²) in [6.45, 7) is 3.64. The van der Waals surface area contributed by atoms with E-state index in [0.29, 0.717) is 12.1 Å². The van der Waals surface area contributed by atoms with Crippen LogP contribution in [-0.4, -0.2) is 46.7 Å². The first-order valence-corrected chi connectivity index (χ1v) is 11.4. The molecule has 0 amide bonds. The van der Waals surface area contributed by atoms with Crippen LogP contribution in [0.3, 0.4) is 0 Å². The molecule has 30 heavy (non-hydrogen) atoms. The highest BCUT2D eigenvalue weighted by Gasteiger charge is 2.51. The summed E-state index contributed by atoms with van der Waals surface area (Å²) in [5.74, 6) is -0.158. The Bertz CT molecular complexity index is 1140. The molecule has 0 spiro atoms. The summed E-state index contributed by atoms with van der Waals surface area (Å²) in [7, 11) is -2.18. The van der Waals surface area contributed by atoms with Crippen LogP contribution in [0.4, 0.5) is 0 Å². The molecule has 8 nitrogen and oxygen atoms in total. The van der Waals surface area contributed by atoms with Crippen molar-refractivity contribution in [3.05, 3.63) is 58.7 Å². The fourth-order valence-corrected chi connectivity index (χ4v) is 6.28. The summed E-state index contributed by atoms with van der Waals surface area (Å²) in [6.07, 6.45) is 5.20. The van der Waals surface area contributed by atoms with Crippen molar-refractivity contribution in [2.45, 2.75) is 50.3 Å². The summed E-state index contributed by atoms with van der Waals surface area (Å²) in [5.41, 5.74) is 8.70. The first kappa shape index (κ1) is 20.5. The van der Waals surface area contributed by atoms with E-state index in [0.717, 1.165) is 39.5 Å². The number of nitrogens with two attached hydrogens (primary N) is 1. The molecular formula is C21H25N5O3S. The van der Waals surface area contributed by atoms with Crippen LogP contribution in [-0.2, 0) is 28.4 Å². The maximum atomic E-state index is 13.1. The number of carbonyl (C=O) groups excluding carboxylic acids is 1. The number of ketones is 1. The van der Waals surface area contributed by atoms with Crippen LogP contribution in [0.15, 0.2) is 35.6 Å². The number of benzene rings is 1. The number of fused-ring (bicyclic) bond motifs is 3. The minimum atomic E-state index is -3.63. The Labute approximate surface area is 176 Å². The standard InChI is InChI=1S/C21H25N5O3S/c1-13-11-24-17(12-23-13)18(27)10-14-7-8-15-5-4-6-19-21(2,16(15)9-14)25-20(22)26(3)30(19,28)29/h7-9,11-12,19H,4-6,10H2,1-3H3,(H2,22,25)/t19-,21+/m0/s1. The van der Waals surface area contributed by atoms with Crippen LogP contribution < -0.4 is 5.73 Å². The van der Waals surface area contributed by atoms with Gasteiger partial charge in [-0.05, 0) is 49.8 Å². The van der Waals surface area contributed by atoms with Gasteiger partial charge in [0.2, 0.25) is 16.0 Å². The van der Waals surface area contributed by atoms with Crippen LogP contribution in [0.1, 0.15) is 52.6 Å². The first-order valence-electron chi connectivity index (χ1n) is 9.90. The molecule has 1 aliphatic heterocycles. The molecule has 1 aromatic heterocycles. The molecule has 0 unspecified atom stereocenters. The zero-order valence-corrected chi connectivity index (χ0v) is 18.1. The fraction of sp³-hybridized carbons (Fsp3) is 0.429. The van der Waals surface area contributed by atoms with Gasteiger partial charge in [-0.2, -0.15) is 0 Å². The first-order chi connectivity index (χ1) is 14.1. The number of sulfonamides is 1. The van der Waals surface area contributed by atoms with Crippen LogP contribution in [0.25, 0.3) is 0 Å². The molecular weight excluding hydrogens is 402 g/mol. The number of hydrogen-bond donors (Lipinski definition) is 1. The van der Waals surface area contributed by atoms with Crippen molar-refractivity contribution >= 4 is 21.8 Å². The molecule has 2 atom stereocenters. The number of hydrogen-bond acceptors (Lipinski definition) is 7. The predicted molar refractivity (Wildman–Crippen MR) is 114 cm³/mol. The fourth-order valence-electron chi connectivity index (χ4n) is 4.37. The molecule has 0 radical (unpaired) electrons. The lowest BCUT2D eigenvalue weighted by Gasteiger charge is -2.41. The SMILES string of the molecule is Cc1cnc(C(=O)Cc2ccc3c(c2)[C@@]2(C)N=C(N)N(C)S(=O)(=O)[C@H]2CCC3)cn1. The molecule has 0 saturated heterocycles. The van der Waals surface area contributed by atoms with Crippen molar-refractivity contribution in [3.8, 4) is 0 Å². The summed E-state index contributed by atoms with van der Waals surface area (Å²) in [4.78, 5) is 25.6. The van der Waals surface area contributed by atoms with Gasteiger partial charge >= 0.3 is 0 Å². The van der Waals surface area contributed by atoms with E-state index in [4.69, 9.17) is 5.73 Å². The number of rotatable bonds is 3. The molecule has 1 aliphatic carbocycles. The van der Waals surface area contributed by atoms with E-state index in [1.165, 1.54) is 13.2 Å². The van der Waals surface area contributed by atoms with E-state index in [9.17, 15) is 13.2 Å². The van der Waals surface area contributed by atoms with Crippen LogP contribution in [0.5, 0.6) is 0 Å². The number of guanidine groups is 1. The third-order valence-corrected chi connectivity index (χ3v) is 8.47. The molecule has 0 fully saturated rings. The predicted octanol–water partition coefficient (Wildman–Crippen LogP) is 1.72. The molecule has 0 saturated carbocycles. The highest BCUT2D eigenvalue weighted by molar-refractivity contribution is 7.90. The van der Waals surface area contributed by atoms with Gasteiger partial charge in [-0.15, -0.1) is 0 Å². The van der Waals surface area contributed by atoms with Crippen LogP contribution in [0, 0.1) is 6.92 Å². The van der Waals surface area contributed by atoms with Crippen molar-refractivity contribution < 1.29 is 13.2 Å². The van der Waals surface area contributed by atoms with Gasteiger partial charge < -0.3 is 5.73 Å². The summed E-state index contributed by atoms with van der Waals surface area (Å²) in [5, 5.41) is -0.697. The van der Waals surface area contributed by atoms with Gasteiger partial charge in [0.15, 0.2) is 5.78 Å². The lowest BCUT2D eigenvalue weighted by atomic mass is 9.84. The van der Waals surface area contributed by atoms with E-state index in [1.54, 1.807) is 6.20 Å². The smallest absolute Gasteiger partial charge is 0.242 e. The van der Waals surface area contributed by atoms with Gasteiger partial charge in [0, 0.05) is 19.7 Å². The molecule has 1 aromatic carbocycles. The summed E-state index contributed by atoms with van der Waals surface area (Å²) < 4.78 is 27.3. The molecule has 2 heterocycles. The van der Waals surface area contributed by atoms with E-state index >= 15 is 0 Å². The normalized spacial score (nSPS) is 25.0. The third-order valence-electron chi connectivity index (χ3n) is 6.10. The molecule has 2 aliphatic rings. The number of aliphatic imine (C=N–C) groups is 1. The van der Waals surface area contributed by atoms with E-state index in [-0.39, 0.29) is 18.2 Å². The van der Waals surface area contributed by atoms with Crippen LogP contribution >= 0.6 is 0 Å². The van der Waals surface area contributed by atoms with Crippen molar-refractivity contribution in [1.82, 2.24) is 14.3 Å². The molecule has 4 rings (SSSR count). The largest absolute Gasteiger partial charge is 0.369 e. The second-order valence-corrected chi connectivity index (χ2v) is 10.3. The number of nitrogens with zero attached hydrogens (tertiary/aromatic N) is 4. The quantitative estimate of drug-likeness (QED) is 0.745. The van der Waals surface area contributed by atoms with Gasteiger partial charge in [0.05, 0.1) is 11.9 Å². The average Bonchev–Trinajstić information content (AvgIpc) is 2.84. The maximum absolute atomic E-state index is 13.1. The lowest BCUT2D eigenvalue weighted by molar-refractivity contribution is 0.0987. The molecule has 9 heteroatoms. The molecule has 2 N–H and O–H groups in total. The Balaban J connectivity index is 1.76. The maximum Gasteiger partial charge on any atom is 0.242 e. The number of aromatic nitrogens is 2. The third kappa shape index (κ3) is 3.27. The van der Waals surface area contributed by atoms with Gasteiger partial charge in [0.25, 0.3) is 0 Å². The van der Waals surface area contributed by atoms with E-state index in [2.05, 4.69) is 15.0 Å². The monoisotopic (exact) mass is 427 g/mol. The molecule has 0 bridgehead atoms. The Kier molecular flexibility index (Phi) is 4.88. The minimum Gasteiger partial charge on any atom is -0.369 e.